The van der Waals surface area contributed by atoms with E-state index in [4.69, 9.17) is 4.74 Å². The Hall–Kier alpha value is -1.47. The zero-order valence-corrected chi connectivity index (χ0v) is 12.2. The first-order valence-corrected chi connectivity index (χ1v) is 6.67. The molecule has 1 amide bonds. The van der Waals surface area contributed by atoms with Gasteiger partial charge in [0, 0.05) is 20.2 Å². The number of nitrogens with zero attached hydrogens (tertiary/aromatic N) is 2. The van der Waals surface area contributed by atoms with E-state index in [0.717, 1.165) is 5.01 Å². The molecule has 0 saturated carbocycles. The molecule has 0 aliphatic carbocycles. The zero-order valence-electron chi connectivity index (χ0n) is 11.3. The predicted octanol–water partition coefficient (Wildman–Crippen LogP) is 1.10. The fourth-order valence-corrected chi connectivity index (χ4v) is 2.21. The number of thiazole rings is 1. The Morgan fingerprint density at radius 3 is 2.63 bits per heavy atom. The summed E-state index contributed by atoms with van der Waals surface area (Å²) in [7, 11) is 2.90. The molecule has 0 aliphatic heterocycles. The fourth-order valence-electron chi connectivity index (χ4n) is 1.46. The molecule has 1 rings (SSSR count). The van der Waals surface area contributed by atoms with E-state index < -0.39 is 0 Å². The third-order valence-corrected chi connectivity index (χ3v) is 3.40. The lowest BCUT2D eigenvalue weighted by atomic mass is 10.3. The fraction of sp³-hybridized carbons (Fsp3) is 0.583. The minimum absolute atomic E-state index is 0.133. The van der Waals surface area contributed by atoms with Crippen molar-refractivity contribution >= 4 is 23.2 Å². The number of rotatable bonds is 7. The number of methoxy groups -OCH3 is 2. The summed E-state index contributed by atoms with van der Waals surface area (Å²) in [4.78, 5) is 29.6. The van der Waals surface area contributed by atoms with Crippen LogP contribution < -0.4 is 0 Å². The maximum absolute atomic E-state index is 12.3. The van der Waals surface area contributed by atoms with Crippen molar-refractivity contribution in [2.45, 2.75) is 13.3 Å². The molecule has 0 spiro atoms. The van der Waals surface area contributed by atoms with Gasteiger partial charge in [0.1, 0.15) is 4.88 Å². The van der Waals surface area contributed by atoms with Gasteiger partial charge < -0.3 is 14.4 Å². The number of hydrogen-bond donors (Lipinski definition) is 0. The molecule has 0 bridgehead atoms. The van der Waals surface area contributed by atoms with Crippen molar-refractivity contribution in [3.8, 4) is 0 Å². The monoisotopic (exact) mass is 286 g/mol. The summed E-state index contributed by atoms with van der Waals surface area (Å²) in [5.74, 6) is -0.470. The Morgan fingerprint density at radius 2 is 2.11 bits per heavy atom. The Labute approximate surface area is 116 Å². The molecule has 106 valence electrons. The summed E-state index contributed by atoms with van der Waals surface area (Å²) in [6, 6.07) is 0. The number of hydrogen-bond acceptors (Lipinski definition) is 6. The number of aromatic nitrogens is 1. The first-order valence-electron chi connectivity index (χ1n) is 5.86. The van der Waals surface area contributed by atoms with Gasteiger partial charge in [-0.15, -0.1) is 11.3 Å². The van der Waals surface area contributed by atoms with Gasteiger partial charge in [0.15, 0.2) is 0 Å². The Morgan fingerprint density at radius 1 is 1.37 bits per heavy atom. The Balaban J connectivity index is 2.66. The van der Waals surface area contributed by atoms with Crippen LogP contribution in [0.25, 0.3) is 0 Å². The van der Waals surface area contributed by atoms with Crippen LogP contribution in [-0.2, 0) is 14.3 Å². The number of carbonyl (C=O) groups is 2. The molecular weight excluding hydrogens is 268 g/mol. The molecule has 0 fully saturated rings. The zero-order chi connectivity index (χ0) is 14.3. The van der Waals surface area contributed by atoms with Crippen LogP contribution in [0.4, 0.5) is 0 Å². The molecule has 19 heavy (non-hydrogen) atoms. The highest BCUT2D eigenvalue weighted by Gasteiger charge is 2.18. The first kappa shape index (κ1) is 15.6. The van der Waals surface area contributed by atoms with Gasteiger partial charge in [0.05, 0.1) is 31.3 Å². The van der Waals surface area contributed by atoms with Crippen LogP contribution in [0, 0.1) is 6.92 Å². The minimum Gasteiger partial charge on any atom is -0.469 e. The van der Waals surface area contributed by atoms with E-state index in [-0.39, 0.29) is 18.3 Å². The second-order valence-corrected chi connectivity index (χ2v) is 5.09. The summed E-state index contributed by atoms with van der Waals surface area (Å²) in [5, 5.41) is 0.836. The smallest absolute Gasteiger partial charge is 0.307 e. The maximum Gasteiger partial charge on any atom is 0.307 e. The molecule has 1 aromatic rings. The van der Waals surface area contributed by atoms with Crippen LogP contribution in [-0.4, -0.2) is 55.7 Å². The number of carbonyl (C=O) groups excluding carboxylic acids is 2. The number of aryl methyl sites for hydroxylation is 1. The minimum atomic E-state index is -0.337. The summed E-state index contributed by atoms with van der Waals surface area (Å²) >= 11 is 1.34. The van der Waals surface area contributed by atoms with Crippen LogP contribution in [0.1, 0.15) is 21.1 Å². The van der Waals surface area contributed by atoms with Crippen LogP contribution in [0.15, 0.2) is 6.20 Å². The molecule has 0 saturated heterocycles. The molecule has 0 aromatic carbocycles. The van der Waals surface area contributed by atoms with Gasteiger partial charge in [-0.1, -0.05) is 0 Å². The Kier molecular flexibility index (Phi) is 6.44. The quantitative estimate of drug-likeness (QED) is 0.702. The first-order chi connectivity index (χ1) is 9.08. The SMILES string of the molecule is COCCN(CCC(=O)OC)C(=O)c1cnc(C)s1. The second-order valence-electron chi connectivity index (χ2n) is 3.85. The normalized spacial score (nSPS) is 10.3. The molecule has 0 N–H and O–H groups in total. The van der Waals surface area contributed by atoms with Gasteiger partial charge >= 0.3 is 5.97 Å². The van der Waals surface area contributed by atoms with Crippen molar-refractivity contribution < 1.29 is 19.1 Å². The summed E-state index contributed by atoms with van der Waals surface area (Å²) in [6.45, 7) is 3.01. The third kappa shape index (κ3) is 4.96. The highest BCUT2D eigenvalue weighted by atomic mass is 32.1. The van der Waals surface area contributed by atoms with E-state index >= 15 is 0 Å². The topological polar surface area (TPSA) is 68.7 Å². The number of ether oxygens (including phenoxy) is 2. The molecule has 6 nitrogen and oxygen atoms in total. The molecule has 7 heteroatoms. The van der Waals surface area contributed by atoms with E-state index in [1.807, 2.05) is 6.92 Å². The summed E-state index contributed by atoms with van der Waals surface area (Å²) in [6.07, 6.45) is 1.73. The van der Waals surface area contributed by atoms with Gasteiger partial charge in [-0.05, 0) is 6.92 Å². The summed E-state index contributed by atoms with van der Waals surface area (Å²) < 4.78 is 9.55. The molecule has 0 aliphatic rings. The number of esters is 1. The molecule has 0 unspecified atom stereocenters. The van der Waals surface area contributed by atoms with Crippen LogP contribution in [0.5, 0.6) is 0 Å². The van der Waals surface area contributed by atoms with E-state index in [1.54, 1.807) is 18.2 Å². The molecular formula is C12H18N2O4S. The average Bonchev–Trinajstić information content (AvgIpc) is 2.84. The van der Waals surface area contributed by atoms with Crippen molar-refractivity contribution in [1.29, 1.82) is 0 Å². The molecule has 1 heterocycles. The largest absolute Gasteiger partial charge is 0.469 e. The highest BCUT2D eigenvalue weighted by molar-refractivity contribution is 7.13. The van der Waals surface area contributed by atoms with Crippen molar-refractivity contribution in [2.75, 3.05) is 33.9 Å². The van der Waals surface area contributed by atoms with Crippen LogP contribution >= 0.6 is 11.3 Å². The van der Waals surface area contributed by atoms with E-state index in [1.165, 1.54) is 18.4 Å². The van der Waals surface area contributed by atoms with Gasteiger partial charge in [-0.25, -0.2) is 4.98 Å². The molecule has 0 atom stereocenters. The van der Waals surface area contributed by atoms with Crippen molar-refractivity contribution in [3.63, 3.8) is 0 Å². The van der Waals surface area contributed by atoms with Gasteiger partial charge in [0.25, 0.3) is 5.91 Å². The Bertz CT molecular complexity index is 433. The van der Waals surface area contributed by atoms with E-state index in [2.05, 4.69) is 9.72 Å². The van der Waals surface area contributed by atoms with Gasteiger partial charge in [-0.3, -0.25) is 9.59 Å². The highest BCUT2D eigenvalue weighted by Crippen LogP contribution is 2.14. The van der Waals surface area contributed by atoms with Crippen molar-refractivity contribution in [3.05, 3.63) is 16.1 Å². The van der Waals surface area contributed by atoms with Gasteiger partial charge in [-0.2, -0.15) is 0 Å². The third-order valence-electron chi connectivity index (χ3n) is 2.50. The van der Waals surface area contributed by atoms with E-state index in [9.17, 15) is 9.59 Å². The second kappa shape index (κ2) is 7.85. The standard InChI is InChI=1S/C12H18N2O4S/c1-9-13-8-10(19-9)12(16)14(6-7-17-2)5-4-11(15)18-3/h8H,4-7H2,1-3H3. The average molecular weight is 286 g/mol. The lowest BCUT2D eigenvalue weighted by molar-refractivity contribution is -0.140. The molecule has 1 aromatic heterocycles. The lowest BCUT2D eigenvalue weighted by Gasteiger charge is -2.20. The lowest BCUT2D eigenvalue weighted by Crippen LogP contribution is -2.35. The predicted molar refractivity (Wildman–Crippen MR) is 71.3 cm³/mol. The summed E-state index contributed by atoms with van der Waals surface area (Å²) in [5.41, 5.74) is 0. The van der Waals surface area contributed by atoms with Crippen LogP contribution in [0.3, 0.4) is 0 Å². The maximum atomic E-state index is 12.3. The van der Waals surface area contributed by atoms with E-state index in [0.29, 0.717) is 24.6 Å². The van der Waals surface area contributed by atoms with Crippen molar-refractivity contribution in [2.24, 2.45) is 0 Å². The number of amides is 1. The van der Waals surface area contributed by atoms with Crippen LogP contribution in [0.2, 0.25) is 0 Å². The molecule has 0 radical (unpaired) electrons. The van der Waals surface area contributed by atoms with Gasteiger partial charge in [0.2, 0.25) is 0 Å². The van der Waals surface area contributed by atoms with Crippen molar-refractivity contribution in [1.82, 2.24) is 9.88 Å².